The van der Waals surface area contributed by atoms with E-state index in [4.69, 9.17) is 5.73 Å². The van der Waals surface area contributed by atoms with Crippen LogP contribution in [0.3, 0.4) is 0 Å². The fourth-order valence-electron chi connectivity index (χ4n) is 3.67. The van der Waals surface area contributed by atoms with Gasteiger partial charge < -0.3 is 21.1 Å². The van der Waals surface area contributed by atoms with Gasteiger partial charge in [0.25, 0.3) is 5.91 Å². The third kappa shape index (κ3) is 3.75. The Kier molecular flexibility index (Phi) is 5.17. The SMILES string of the molecule is NC(=O)c1cccc2c(-c3nc(NCc4ccccc4)c4cccc(B(O)O)c4n3)nnn12. The van der Waals surface area contributed by atoms with Crippen molar-refractivity contribution in [3.63, 3.8) is 0 Å². The van der Waals surface area contributed by atoms with Gasteiger partial charge in [0.2, 0.25) is 0 Å². The molecule has 0 aliphatic heterocycles. The molecule has 0 unspecified atom stereocenters. The Morgan fingerprint density at radius 3 is 2.55 bits per heavy atom. The van der Waals surface area contributed by atoms with E-state index in [9.17, 15) is 14.8 Å². The molecule has 10 nitrogen and oxygen atoms in total. The van der Waals surface area contributed by atoms with Crippen molar-refractivity contribution in [1.82, 2.24) is 24.8 Å². The van der Waals surface area contributed by atoms with Crippen LogP contribution in [0.2, 0.25) is 0 Å². The van der Waals surface area contributed by atoms with Crippen molar-refractivity contribution >= 4 is 40.7 Å². The van der Waals surface area contributed by atoms with E-state index in [0.717, 1.165) is 5.56 Å². The Morgan fingerprint density at radius 2 is 1.79 bits per heavy atom. The highest BCUT2D eigenvalue weighted by Crippen LogP contribution is 2.26. The van der Waals surface area contributed by atoms with E-state index in [1.807, 2.05) is 30.3 Å². The molecule has 3 heterocycles. The van der Waals surface area contributed by atoms with Crippen LogP contribution in [0.25, 0.3) is 27.9 Å². The van der Waals surface area contributed by atoms with Gasteiger partial charge in [-0.25, -0.2) is 14.5 Å². The number of benzene rings is 2. The largest absolute Gasteiger partial charge is 0.490 e. The number of carbonyl (C=O) groups excluding carboxylic acids is 1. The lowest BCUT2D eigenvalue weighted by molar-refractivity contribution is 0.0993. The van der Waals surface area contributed by atoms with Gasteiger partial charge in [0, 0.05) is 17.4 Å². The lowest BCUT2D eigenvalue weighted by Crippen LogP contribution is -2.31. The molecule has 5 N–H and O–H groups in total. The number of carbonyl (C=O) groups is 1. The summed E-state index contributed by atoms with van der Waals surface area (Å²) in [6.45, 7) is 0.492. The topological polar surface area (TPSA) is 152 Å². The Labute approximate surface area is 187 Å². The zero-order valence-corrected chi connectivity index (χ0v) is 17.3. The molecule has 0 bridgehead atoms. The standard InChI is InChI=1S/C22H18BN7O3/c24-20(31)17-11-5-10-16-19(28-29-30(16)17)22-26-18-14(8-4-9-15(18)23(32)33)21(27-22)25-12-13-6-2-1-3-7-13/h1-11,32-33H,12H2,(H2,24,31)(H,25,26,27). The maximum atomic E-state index is 11.8. The Bertz CT molecular complexity index is 1490. The van der Waals surface area contributed by atoms with E-state index < -0.39 is 13.0 Å². The van der Waals surface area contributed by atoms with E-state index in [1.165, 1.54) is 4.52 Å². The molecule has 2 aromatic carbocycles. The van der Waals surface area contributed by atoms with Crippen LogP contribution in [0, 0.1) is 0 Å². The van der Waals surface area contributed by atoms with Crippen molar-refractivity contribution in [3.8, 4) is 11.5 Å². The third-order valence-corrected chi connectivity index (χ3v) is 5.24. The van der Waals surface area contributed by atoms with Crippen molar-refractivity contribution in [2.24, 2.45) is 5.73 Å². The number of pyridine rings is 1. The molecule has 1 amide bonds. The van der Waals surface area contributed by atoms with Gasteiger partial charge in [-0.05, 0) is 23.8 Å². The average Bonchev–Trinajstić information content (AvgIpc) is 3.26. The Morgan fingerprint density at radius 1 is 1.00 bits per heavy atom. The first-order valence-electron chi connectivity index (χ1n) is 10.1. The molecule has 3 aromatic heterocycles. The maximum absolute atomic E-state index is 11.8. The van der Waals surface area contributed by atoms with Gasteiger partial charge in [-0.1, -0.05) is 53.7 Å². The van der Waals surface area contributed by atoms with Gasteiger partial charge in [-0.2, -0.15) is 0 Å². The molecule has 5 aromatic rings. The van der Waals surface area contributed by atoms with Gasteiger partial charge >= 0.3 is 7.12 Å². The van der Waals surface area contributed by atoms with Crippen LogP contribution in [0.1, 0.15) is 16.1 Å². The zero-order valence-electron chi connectivity index (χ0n) is 17.3. The fourth-order valence-corrected chi connectivity index (χ4v) is 3.67. The first kappa shape index (κ1) is 20.6. The highest BCUT2D eigenvalue weighted by Gasteiger charge is 2.22. The number of fused-ring (bicyclic) bond motifs is 2. The summed E-state index contributed by atoms with van der Waals surface area (Å²) >= 11 is 0. The molecular formula is C22H18BN7O3. The number of primary amides is 1. The van der Waals surface area contributed by atoms with Crippen LogP contribution in [0.5, 0.6) is 0 Å². The first-order chi connectivity index (χ1) is 16.0. The van der Waals surface area contributed by atoms with E-state index in [-0.39, 0.29) is 17.0 Å². The molecule has 0 radical (unpaired) electrons. The minimum atomic E-state index is -1.73. The van der Waals surface area contributed by atoms with Crippen molar-refractivity contribution in [3.05, 3.63) is 78.0 Å². The summed E-state index contributed by atoms with van der Waals surface area (Å²) < 4.78 is 1.33. The molecule has 162 valence electrons. The summed E-state index contributed by atoms with van der Waals surface area (Å²) in [6, 6.07) is 19.8. The second kappa shape index (κ2) is 8.30. The van der Waals surface area contributed by atoms with Crippen LogP contribution in [0.15, 0.2) is 66.7 Å². The van der Waals surface area contributed by atoms with Gasteiger partial charge in [0.1, 0.15) is 11.5 Å². The molecule has 0 saturated carbocycles. The summed E-state index contributed by atoms with van der Waals surface area (Å²) in [5, 5.41) is 32.0. The smallest absolute Gasteiger partial charge is 0.423 e. The molecule has 0 fully saturated rings. The highest BCUT2D eigenvalue weighted by molar-refractivity contribution is 6.61. The molecule has 33 heavy (non-hydrogen) atoms. The average molecular weight is 439 g/mol. The van der Waals surface area contributed by atoms with Crippen LogP contribution in [-0.2, 0) is 6.54 Å². The molecule has 5 rings (SSSR count). The number of nitrogens with two attached hydrogens (primary N) is 1. The Hall–Kier alpha value is -4.35. The van der Waals surface area contributed by atoms with Crippen molar-refractivity contribution in [2.75, 3.05) is 5.32 Å². The van der Waals surface area contributed by atoms with Gasteiger partial charge in [-0.15, -0.1) is 5.10 Å². The maximum Gasteiger partial charge on any atom is 0.490 e. The van der Waals surface area contributed by atoms with Crippen LogP contribution < -0.4 is 16.5 Å². The molecule has 0 spiro atoms. The zero-order chi connectivity index (χ0) is 22.9. The van der Waals surface area contributed by atoms with Gasteiger partial charge in [0.15, 0.2) is 11.5 Å². The van der Waals surface area contributed by atoms with Gasteiger partial charge in [-0.3, -0.25) is 4.79 Å². The predicted molar refractivity (Wildman–Crippen MR) is 124 cm³/mol. The summed E-state index contributed by atoms with van der Waals surface area (Å²) in [5.41, 5.74) is 8.07. The minimum absolute atomic E-state index is 0.168. The monoisotopic (exact) mass is 439 g/mol. The fraction of sp³-hybridized carbons (Fsp3) is 0.0455. The molecule has 11 heteroatoms. The highest BCUT2D eigenvalue weighted by atomic mass is 16.4. The number of rotatable bonds is 6. The number of aromatic nitrogens is 5. The van der Waals surface area contributed by atoms with E-state index in [0.29, 0.717) is 34.5 Å². The number of para-hydroxylation sites is 1. The second-order valence-electron chi connectivity index (χ2n) is 7.36. The summed E-state index contributed by atoms with van der Waals surface area (Å²) in [6.07, 6.45) is 0. The van der Waals surface area contributed by atoms with Crippen LogP contribution in [0.4, 0.5) is 5.82 Å². The third-order valence-electron chi connectivity index (χ3n) is 5.24. The Balaban J connectivity index is 1.70. The number of hydrogen-bond acceptors (Lipinski definition) is 8. The number of nitrogens with one attached hydrogen (secondary N) is 1. The lowest BCUT2D eigenvalue weighted by atomic mass is 9.79. The molecule has 0 saturated heterocycles. The molecular weight excluding hydrogens is 421 g/mol. The van der Waals surface area contributed by atoms with Crippen molar-refractivity contribution < 1.29 is 14.8 Å². The number of amides is 1. The molecule has 0 atom stereocenters. The predicted octanol–water partition coefficient (Wildman–Crippen LogP) is 0.730. The summed E-state index contributed by atoms with van der Waals surface area (Å²) in [4.78, 5) is 21.0. The molecule has 0 aliphatic carbocycles. The lowest BCUT2D eigenvalue weighted by Gasteiger charge is -2.13. The van der Waals surface area contributed by atoms with E-state index >= 15 is 0 Å². The normalized spacial score (nSPS) is 11.1. The van der Waals surface area contributed by atoms with Crippen molar-refractivity contribution in [1.29, 1.82) is 0 Å². The van der Waals surface area contributed by atoms with Gasteiger partial charge in [0.05, 0.1) is 11.0 Å². The summed E-state index contributed by atoms with van der Waals surface area (Å²) in [5.74, 6) is 0.0590. The first-order valence-corrected chi connectivity index (χ1v) is 10.1. The number of anilines is 1. The van der Waals surface area contributed by atoms with Crippen LogP contribution in [-0.4, -0.2) is 47.9 Å². The van der Waals surface area contributed by atoms with E-state index in [1.54, 1.807) is 36.4 Å². The number of nitrogens with zero attached hydrogens (tertiary/aromatic N) is 5. The quantitative estimate of drug-likeness (QED) is 0.283. The van der Waals surface area contributed by atoms with Crippen molar-refractivity contribution in [2.45, 2.75) is 6.54 Å². The second-order valence-corrected chi connectivity index (χ2v) is 7.36. The number of hydrogen-bond donors (Lipinski definition) is 4. The van der Waals surface area contributed by atoms with E-state index in [2.05, 4.69) is 25.6 Å². The molecule has 0 aliphatic rings. The minimum Gasteiger partial charge on any atom is -0.423 e. The van der Waals surface area contributed by atoms with Crippen LogP contribution >= 0.6 is 0 Å². The summed E-state index contributed by atoms with van der Waals surface area (Å²) in [7, 11) is -1.73.